The third kappa shape index (κ3) is 4.31. The maximum absolute atomic E-state index is 12.3. The molecular formula is C20H22N4O3S2. The molecule has 0 spiro atoms. The average Bonchev–Trinajstić information content (AvgIpc) is 3.03. The van der Waals surface area contributed by atoms with Crippen LogP contribution in [-0.2, 0) is 22.6 Å². The van der Waals surface area contributed by atoms with Crippen LogP contribution in [0.4, 0.5) is 11.5 Å². The molecule has 0 fully saturated rings. The number of methoxy groups -OCH3 is 1. The molecule has 0 aliphatic carbocycles. The second-order valence-electron chi connectivity index (χ2n) is 7.37. The van der Waals surface area contributed by atoms with Crippen molar-refractivity contribution in [2.24, 2.45) is 0 Å². The Morgan fingerprint density at radius 3 is 3.03 bits per heavy atom. The molecule has 0 saturated heterocycles. The van der Waals surface area contributed by atoms with E-state index in [0.717, 1.165) is 21.5 Å². The van der Waals surface area contributed by atoms with Gasteiger partial charge in [-0.05, 0) is 31.5 Å². The van der Waals surface area contributed by atoms with Gasteiger partial charge in [-0.1, -0.05) is 17.8 Å². The highest BCUT2D eigenvalue weighted by Crippen LogP contribution is 2.40. The molecule has 0 saturated carbocycles. The number of hydrogen-bond acceptors (Lipinski definition) is 8. The fourth-order valence-electron chi connectivity index (χ4n) is 3.25. The predicted molar refractivity (Wildman–Crippen MR) is 117 cm³/mol. The van der Waals surface area contributed by atoms with Crippen molar-refractivity contribution in [1.82, 2.24) is 9.97 Å². The molecular weight excluding hydrogens is 408 g/mol. The predicted octanol–water partition coefficient (Wildman–Crippen LogP) is 3.86. The first-order chi connectivity index (χ1) is 13.8. The van der Waals surface area contributed by atoms with Crippen LogP contribution in [0.2, 0.25) is 0 Å². The third-order valence-corrected chi connectivity index (χ3v) is 6.57. The number of amides is 1. The lowest BCUT2D eigenvalue weighted by molar-refractivity contribution is -0.113. The smallest absolute Gasteiger partial charge is 0.234 e. The molecule has 0 atom stereocenters. The Bertz CT molecular complexity index is 1080. The van der Waals surface area contributed by atoms with E-state index in [1.54, 1.807) is 24.5 Å². The lowest BCUT2D eigenvalue weighted by Gasteiger charge is -2.30. The number of hydrogen-bond donors (Lipinski definition) is 2. The zero-order chi connectivity index (χ0) is 20.6. The van der Waals surface area contributed by atoms with Crippen LogP contribution in [0.5, 0.6) is 5.75 Å². The Labute approximate surface area is 177 Å². The summed E-state index contributed by atoms with van der Waals surface area (Å²) in [5.41, 5.74) is 7.91. The summed E-state index contributed by atoms with van der Waals surface area (Å²) in [5.74, 6) is 1.18. The fraction of sp³-hybridized carbons (Fsp3) is 0.350. The number of thiophene rings is 1. The van der Waals surface area contributed by atoms with Crippen molar-refractivity contribution in [1.29, 1.82) is 0 Å². The zero-order valence-corrected chi connectivity index (χ0v) is 18.1. The number of aromatic nitrogens is 2. The summed E-state index contributed by atoms with van der Waals surface area (Å²) in [5, 5.41) is 4.26. The summed E-state index contributed by atoms with van der Waals surface area (Å²) in [6, 6.07) is 7.22. The normalized spacial score (nSPS) is 15.1. The monoisotopic (exact) mass is 430 g/mol. The minimum absolute atomic E-state index is 0.147. The number of anilines is 2. The molecule has 1 aliphatic heterocycles. The Morgan fingerprint density at radius 1 is 1.41 bits per heavy atom. The van der Waals surface area contributed by atoms with E-state index in [1.165, 1.54) is 17.3 Å². The first kappa shape index (κ1) is 19.9. The van der Waals surface area contributed by atoms with Crippen molar-refractivity contribution >= 4 is 50.7 Å². The van der Waals surface area contributed by atoms with E-state index < -0.39 is 0 Å². The number of carbonyl (C=O) groups excluding carboxylic acids is 1. The van der Waals surface area contributed by atoms with E-state index in [9.17, 15) is 4.79 Å². The summed E-state index contributed by atoms with van der Waals surface area (Å²) in [7, 11) is 1.59. The van der Waals surface area contributed by atoms with Gasteiger partial charge >= 0.3 is 0 Å². The molecule has 0 radical (unpaired) electrons. The number of rotatable bonds is 5. The number of nitrogens with zero attached hydrogens (tertiary/aromatic N) is 2. The van der Waals surface area contributed by atoms with Crippen molar-refractivity contribution in [3.05, 3.63) is 34.7 Å². The molecule has 3 aromatic rings. The lowest BCUT2D eigenvalue weighted by atomic mass is 9.94. The molecule has 7 nitrogen and oxygen atoms in total. The van der Waals surface area contributed by atoms with E-state index in [2.05, 4.69) is 29.1 Å². The van der Waals surface area contributed by atoms with Gasteiger partial charge in [0.2, 0.25) is 5.91 Å². The van der Waals surface area contributed by atoms with Crippen LogP contribution in [-0.4, -0.2) is 34.3 Å². The Hall–Kier alpha value is -2.36. The summed E-state index contributed by atoms with van der Waals surface area (Å²) in [6.07, 6.45) is 0.783. The van der Waals surface area contributed by atoms with Crippen LogP contribution < -0.4 is 15.8 Å². The highest BCUT2D eigenvalue weighted by molar-refractivity contribution is 7.99. The Balaban J connectivity index is 1.48. The lowest BCUT2D eigenvalue weighted by Crippen LogP contribution is -2.31. The van der Waals surface area contributed by atoms with Crippen LogP contribution in [0.25, 0.3) is 10.2 Å². The summed E-state index contributed by atoms with van der Waals surface area (Å²) >= 11 is 2.85. The molecule has 1 aromatic carbocycles. The largest absolute Gasteiger partial charge is 0.497 e. The number of thioether (sulfide) groups is 1. The molecule has 2 aromatic heterocycles. The van der Waals surface area contributed by atoms with E-state index >= 15 is 0 Å². The van der Waals surface area contributed by atoms with Crippen LogP contribution in [0.1, 0.15) is 24.3 Å². The van der Waals surface area contributed by atoms with Gasteiger partial charge in [0.1, 0.15) is 16.4 Å². The molecule has 4 rings (SSSR count). The number of ether oxygens (including phenoxy) is 2. The standard InChI is InChI=1S/C20H22N4O3S2/c1-20(2)8-13-14(9-27-20)29-18-16(13)17(21)23-19(24-18)28-10-15(25)22-11-5-4-6-12(7-11)26-3/h4-7H,8-10H2,1-3H3,(H,22,25)(H2,21,23,24). The second kappa shape index (κ2) is 7.81. The molecule has 3 N–H and O–H groups in total. The third-order valence-electron chi connectivity index (χ3n) is 4.62. The van der Waals surface area contributed by atoms with E-state index in [0.29, 0.717) is 29.0 Å². The fourth-order valence-corrected chi connectivity index (χ4v) is 5.06. The average molecular weight is 431 g/mol. The SMILES string of the molecule is COc1cccc(NC(=O)CSc2nc(N)c3c4c(sc3n2)COC(C)(C)C4)c1. The molecule has 0 unspecified atom stereocenters. The first-order valence-electron chi connectivity index (χ1n) is 9.13. The van der Waals surface area contributed by atoms with Crippen molar-refractivity contribution in [3.63, 3.8) is 0 Å². The van der Waals surface area contributed by atoms with Gasteiger partial charge in [-0.15, -0.1) is 11.3 Å². The molecule has 1 amide bonds. The van der Waals surface area contributed by atoms with Gasteiger partial charge in [-0.25, -0.2) is 9.97 Å². The van der Waals surface area contributed by atoms with Crippen molar-refractivity contribution < 1.29 is 14.3 Å². The Kier molecular flexibility index (Phi) is 5.37. The van der Waals surface area contributed by atoms with Crippen LogP contribution in [0, 0.1) is 0 Å². The number of nitrogens with one attached hydrogen (secondary N) is 1. The number of fused-ring (bicyclic) bond motifs is 3. The molecule has 0 bridgehead atoms. The summed E-state index contributed by atoms with van der Waals surface area (Å²) in [4.78, 5) is 23.4. The van der Waals surface area contributed by atoms with Crippen molar-refractivity contribution in [2.75, 3.05) is 23.9 Å². The molecule has 1 aliphatic rings. The number of nitrogen functional groups attached to an aromatic ring is 1. The van der Waals surface area contributed by atoms with Crippen LogP contribution in [0.3, 0.4) is 0 Å². The minimum Gasteiger partial charge on any atom is -0.497 e. The highest BCUT2D eigenvalue weighted by Gasteiger charge is 2.30. The van der Waals surface area contributed by atoms with Gasteiger partial charge in [0.25, 0.3) is 0 Å². The Morgan fingerprint density at radius 2 is 2.24 bits per heavy atom. The molecule has 3 heterocycles. The van der Waals surface area contributed by atoms with E-state index in [1.807, 2.05) is 18.2 Å². The number of nitrogens with two attached hydrogens (primary N) is 1. The maximum atomic E-state index is 12.3. The highest BCUT2D eigenvalue weighted by atomic mass is 32.2. The second-order valence-corrected chi connectivity index (χ2v) is 9.40. The van der Waals surface area contributed by atoms with Crippen LogP contribution in [0.15, 0.2) is 29.4 Å². The summed E-state index contributed by atoms with van der Waals surface area (Å²) < 4.78 is 11.1. The minimum atomic E-state index is -0.223. The summed E-state index contributed by atoms with van der Waals surface area (Å²) in [6.45, 7) is 4.71. The van der Waals surface area contributed by atoms with Crippen LogP contribution >= 0.6 is 23.1 Å². The van der Waals surface area contributed by atoms with Crippen molar-refractivity contribution in [2.45, 2.75) is 37.6 Å². The van der Waals surface area contributed by atoms with Gasteiger partial charge in [-0.2, -0.15) is 0 Å². The van der Waals surface area contributed by atoms with E-state index in [-0.39, 0.29) is 17.3 Å². The topological polar surface area (TPSA) is 99.4 Å². The molecule has 29 heavy (non-hydrogen) atoms. The van der Waals surface area contributed by atoms with Gasteiger partial charge in [0.05, 0.1) is 30.5 Å². The zero-order valence-electron chi connectivity index (χ0n) is 16.4. The van der Waals surface area contributed by atoms with Gasteiger partial charge in [0.15, 0.2) is 5.16 Å². The van der Waals surface area contributed by atoms with Crippen molar-refractivity contribution in [3.8, 4) is 5.75 Å². The van der Waals surface area contributed by atoms with E-state index in [4.69, 9.17) is 15.2 Å². The molecule has 152 valence electrons. The number of carbonyl (C=O) groups is 1. The maximum Gasteiger partial charge on any atom is 0.234 e. The van der Waals surface area contributed by atoms with Gasteiger partial charge in [0, 0.05) is 23.1 Å². The first-order valence-corrected chi connectivity index (χ1v) is 10.9. The van der Waals surface area contributed by atoms with Gasteiger partial charge < -0.3 is 20.5 Å². The van der Waals surface area contributed by atoms with Gasteiger partial charge in [-0.3, -0.25) is 4.79 Å². The molecule has 9 heteroatoms. The number of benzene rings is 1. The quantitative estimate of drug-likeness (QED) is 0.468.